The lowest BCUT2D eigenvalue weighted by atomic mass is 10.2. The Bertz CT molecular complexity index is 1150. The quantitative estimate of drug-likeness (QED) is 0.697. The van der Waals surface area contributed by atoms with E-state index < -0.39 is 20.0 Å². The number of anilines is 1. The lowest BCUT2D eigenvalue weighted by Crippen LogP contribution is -2.14. The average Bonchev–Trinajstić information content (AvgIpc) is 3.10. The van der Waals surface area contributed by atoms with E-state index in [1.54, 1.807) is 43.3 Å². The third-order valence-corrected chi connectivity index (χ3v) is 6.94. The fraction of sp³-hybridized carbons (Fsp3) is 0.0588. The first-order valence-electron chi connectivity index (χ1n) is 7.48. The first kappa shape index (κ1) is 18.5. The Balaban J connectivity index is 1.94. The molecule has 26 heavy (non-hydrogen) atoms. The molecule has 136 valence electrons. The Morgan fingerprint density at radius 3 is 2.27 bits per heavy atom. The van der Waals surface area contributed by atoms with Crippen molar-refractivity contribution in [3.63, 3.8) is 0 Å². The van der Waals surface area contributed by atoms with Gasteiger partial charge in [0.15, 0.2) is 0 Å². The van der Waals surface area contributed by atoms with Crippen molar-refractivity contribution in [1.82, 2.24) is 3.97 Å². The number of nitrogens with zero attached hydrogens (tertiary/aromatic N) is 1. The number of rotatable bonds is 5. The summed E-state index contributed by atoms with van der Waals surface area (Å²) in [5, 5.41) is 0.491. The molecule has 0 amide bonds. The highest BCUT2D eigenvalue weighted by molar-refractivity contribution is 7.93. The molecule has 3 rings (SSSR count). The summed E-state index contributed by atoms with van der Waals surface area (Å²) in [5.41, 5.74) is 1.02. The Kier molecular flexibility index (Phi) is 4.83. The van der Waals surface area contributed by atoms with Gasteiger partial charge in [-0.05, 0) is 48.9 Å². The molecule has 0 aliphatic heterocycles. The second-order valence-corrected chi connectivity index (χ2v) is 9.52. The third kappa shape index (κ3) is 3.62. The zero-order chi connectivity index (χ0) is 18.9. The van der Waals surface area contributed by atoms with E-state index in [0.717, 1.165) is 10.2 Å². The highest BCUT2D eigenvalue weighted by Crippen LogP contribution is 2.24. The summed E-state index contributed by atoms with van der Waals surface area (Å²) in [5.74, 6) is 0. The summed E-state index contributed by atoms with van der Waals surface area (Å²) in [6.45, 7) is 1.72. The number of aromatic nitrogens is 1. The SMILES string of the molecule is Cc1cc(Cl)ccc1NS(=O)(=O)c1ccn(S(=O)(=O)c2ccccc2)c1. The van der Waals surface area contributed by atoms with Gasteiger partial charge in [-0.1, -0.05) is 29.8 Å². The van der Waals surface area contributed by atoms with Crippen molar-refractivity contribution in [3.05, 3.63) is 77.6 Å². The molecule has 0 atom stereocenters. The van der Waals surface area contributed by atoms with E-state index in [0.29, 0.717) is 16.3 Å². The van der Waals surface area contributed by atoms with Crippen LogP contribution in [0, 0.1) is 6.92 Å². The summed E-state index contributed by atoms with van der Waals surface area (Å²) in [6, 6.07) is 13.8. The molecular weight excluding hydrogens is 396 g/mol. The van der Waals surface area contributed by atoms with Crippen LogP contribution < -0.4 is 4.72 Å². The van der Waals surface area contributed by atoms with E-state index in [1.807, 2.05) is 0 Å². The minimum Gasteiger partial charge on any atom is -0.279 e. The van der Waals surface area contributed by atoms with Crippen LogP contribution in [0.3, 0.4) is 0 Å². The van der Waals surface area contributed by atoms with Gasteiger partial charge < -0.3 is 0 Å². The van der Waals surface area contributed by atoms with Crippen LogP contribution >= 0.6 is 11.6 Å². The number of sulfonamides is 1. The summed E-state index contributed by atoms with van der Waals surface area (Å²) < 4.78 is 53.6. The van der Waals surface area contributed by atoms with Crippen molar-refractivity contribution < 1.29 is 16.8 Å². The molecule has 6 nitrogen and oxygen atoms in total. The molecule has 0 aliphatic carbocycles. The molecule has 2 aromatic carbocycles. The molecule has 1 aromatic heterocycles. The van der Waals surface area contributed by atoms with E-state index in [9.17, 15) is 16.8 Å². The standard InChI is InChI=1S/C17H15ClN2O4S2/c1-13-11-14(18)7-8-17(13)19-25(21,22)16-9-10-20(12-16)26(23,24)15-5-3-2-4-6-15/h2-12,19H,1H3. The van der Waals surface area contributed by atoms with Gasteiger partial charge in [-0.15, -0.1) is 0 Å². The molecule has 0 fully saturated rings. The number of aryl methyl sites for hydroxylation is 1. The highest BCUT2D eigenvalue weighted by atomic mass is 35.5. The molecule has 0 unspecified atom stereocenters. The van der Waals surface area contributed by atoms with E-state index in [-0.39, 0.29) is 9.79 Å². The summed E-state index contributed by atoms with van der Waals surface area (Å²) in [6.07, 6.45) is 2.27. The predicted molar refractivity (Wildman–Crippen MR) is 100 cm³/mol. The first-order valence-corrected chi connectivity index (χ1v) is 10.8. The molecule has 0 radical (unpaired) electrons. The molecule has 9 heteroatoms. The van der Waals surface area contributed by atoms with Gasteiger partial charge in [-0.3, -0.25) is 4.72 Å². The molecule has 0 bridgehead atoms. The summed E-state index contributed by atoms with van der Waals surface area (Å²) in [4.78, 5) is -0.0904. The van der Waals surface area contributed by atoms with Crippen molar-refractivity contribution in [3.8, 4) is 0 Å². The monoisotopic (exact) mass is 410 g/mol. The topological polar surface area (TPSA) is 85.2 Å². The summed E-state index contributed by atoms with van der Waals surface area (Å²) >= 11 is 5.87. The number of hydrogen-bond acceptors (Lipinski definition) is 4. The minimum absolute atomic E-state index is 0.0704. The number of halogens is 1. The molecule has 0 spiro atoms. The Labute approximate surface area is 157 Å². The zero-order valence-electron chi connectivity index (χ0n) is 13.6. The number of nitrogens with one attached hydrogen (secondary N) is 1. The van der Waals surface area contributed by atoms with Gasteiger partial charge in [-0.25, -0.2) is 20.8 Å². The van der Waals surface area contributed by atoms with Crippen LogP contribution in [0.4, 0.5) is 5.69 Å². The molecule has 0 saturated heterocycles. The van der Waals surface area contributed by atoms with E-state index in [4.69, 9.17) is 11.6 Å². The van der Waals surface area contributed by atoms with Gasteiger partial charge in [0, 0.05) is 17.4 Å². The van der Waals surface area contributed by atoms with Gasteiger partial charge >= 0.3 is 0 Å². The second kappa shape index (κ2) is 6.79. The van der Waals surface area contributed by atoms with Crippen molar-refractivity contribution in [2.75, 3.05) is 4.72 Å². The second-order valence-electron chi connectivity index (χ2n) is 5.56. The molecule has 0 aliphatic rings. The van der Waals surface area contributed by atoms with Gasteiger partial charge in [-0.2, -0.15) is 0 Å². The highest BCUT2D eigenvalue weighted by Gasteiger charge is 2.21. The lowest BCUT2D eigenvalue weighted by molar-refractivity contribution is 0.587. The zero-order valence-corrected chi connectivity index (χ0v) is 16.0. The van der Waals surface area contributed by atoms with Crippen LogP contribution in [0.5, 0.6) is 0 Å². The van der Waals surface area contributed by atoms with E-state index >= 15 is 0 Å². The van der Waals surface area contributed by atoms with E-state index in [1.165, 1.54) is 24.4 Å². The maximum absolute atomic E-state index is 12.6. The third-order valence-electron chi connectivity index (χ3n) is 3.70. The van der Waals surface area contributed by atoms with Crippen molar-refractivity contribution in [1.29, 1.82) is 0 Å². The molecule has 1 heterocycles. The first-order chi connectivity index (χ1) is 12.2. The molecule has 3 aromatic rings. The molecular formula is C17H15ClN2O4S2. The number of benzene rings is 2. The Morgan fingerprint density at radius 1 is 0.923 bits per heavy atom. The van der Waals surface area contributed by atoms with Crippen LogP contribution in [0.2, 0.25) is 5.02 Å². The fourth-order valence-electron chi connectivity index (χ4n) is 2.33. The normalized spacial score (nSPS) is 12.1. The Morgan fingerprint density at radius 2 is 1.62 bits per heavy atom. The van der Waals surface area contributed by atoms with Gasteiger partial charge in [0.1, 0.15) is 4.90 Å². The van der Waals surface area contributed by atoms with Crippen molar-refractivity contribution >= 4 is 37.3 Å². The fourth-order valence-corrected chi connectivity index (χ4v) is 4.97. The van der Waals surface area contributed by atoms with Gasteiger partial charge in [0.2, 0.25) is 0 Å². The van der Waals surface area contributed by atoms with E-state index in [2.05, 4.69) is 4.72 Å². The van der Waals surface area contributed by atoms with Crippen LogP contribution in [-0.4, -0.2) is 20.8 Å². The van der Waals surface area contributed by atoms with Crippen molar-refractivity contribution in [2.45, 2.75) is 16.7 Å². The van der Waals surface area contributed by atoms with Crippen LogP contribution in [0.15, 0.2) is 76.8 Å². The van der Waals surface area contributed by atoms with Gasteiger partial charge in [0.25, 0.3) is 20.0 Å². The lowest BCUT2D eigenvalue weighted by Gasteiger charge is -2.10. The Hall–Kier alpha value is -2.29. The maximum Gasteiger partial charge on any atom is 0.267 e. The number of hydrogen-bond donors (Lipinski definition) is 1. The minimum atomic E-state index is -3.95. The molecule has 0 saturated carbocycles. The maximum atomic E-state index is 12.6. The largest absolute Gasteiger partial charge is 0.279 e. The summed E-state index contributed by atoms with van der Waals surface area (Å²) in [7, 11) is -7.81. The van der Waals surface area contributed by atoms with Crippen LogP contribution in [0.1, 0.15) is 5.56 Å². The van der Waals surface area contributed by atoms with Crippen LogP contribution in [0.25, 0.3) is 0 Å². The smallest absolute Gasteiger partial charge is 0.267 e. The average molecular weight is 411 g/mol. The van der Waals surface area contributed by atoms with Crippen LogP contribution in [-0.2, 0) is 20.0 Å². The predicted octanol–water partition coefficient (Wildman–Crippen LogP) is 3.49. The van der Waals surface area contributed by atoms with Crippen molar-refractivity contribution in [2.24, 2.45) is 0 Å². The van der Waals surface area contributed by atoms with Gasteiger partial charge in [0.05, 0.1) is 10.6 Å². The molecule has 1 N–H and O–H groups in total.